The summed E-state index contributed by atoms with van der Waals surface area (Å²) in [5, 5.41) is 2.89. The molecule has 5 nitrogen and oxygen atoms in total. The van der Waals surface area contributed by atoms with E-state index >= 15 is 0 Å². The molecule has 142 valence electrons. The van der Waals surface area contributed by atoms with Gasteiger partial charge in [0.2, 0.25) is 0 Å². The minimum absolute atomic E-state index is 0.205. The molecule has 2 aromatic rings. The highest BCUT2D eigenvalue weighted by Crippen LogP contribution is 2.19. The molecule has 1 N–H and O–H groups in total. The van der Waals surface area contributed by atoms with Gasteiger partial charge in [0.15, 0.2) is 0 Å². The molecule has 1 aliphatic rings. The number of likely N-dealkylation sites (tertiary alicyclic amines) is 1. The van der Waals surface area contributed by atoms with E-state index in [1.54, 1.807) is 24.3 Å². The number of rotatable bonds is 5. The highest BCUT2D eigenvalue weighted by Gasteiger charge is 2.16. The molecule has 0 spiro atoms. The van der Waals surface area contributed by atoms with Crippen molar-refractivity contribution in [3.63, 3.8) is 0 Å². The molecule has 1 unspecified atom stereocenters. The lowest BCUT2D eigenvalue weighted by Crippen LogP contribution is -2.33. The average molecular weight is 366 g/mol. The van der Waals surface area contributed by atoms with E-state index in [9.17, 15) is 9.59 Å². The summed E-state index contributed by atoms with van der Waals surface area (Å²) >= 11 is 0. The number of hydrogen-bond acceptors (Lipinski definition) is 4. The monoisotopic (exact) mass is 366 g/mol. The number of hydrogen-bond donors (Lipinski definition) is 1. The number of amides is 1. The van der Waals surface area contributed by atoms with Crippen molar-refractivity contribution in [2.45, 2.75) is 26.3 Å². The molecule has 1 heterocycles. The fourth-order valence-electron chi connectivity index (χ4n) is 3.46. The van der Waals surface area contributed by atoms with Crippen LogP contribution in [0.5, 0.6) is 0 Å². The smallest absolute Gasteiger partial charge is 0.337 e. The Labute approximate surface area is 160 Å². The van der Waals surface area contributed by atoms with Gasteiger partial charge in [0.1, 0.15) is 0 Å². The van der Waals surface area contributed by atoms with Gasteiger partial charge < -0.3 is 10.1 Å². The van der Waals surface area contributed by atoms with E-state index < -0.39 is 5.97 Å². The van der Waals surface area contributed by atoms with Crippen molar-refractivity contribution < 1.29 is 14.3 Å². The lowest BCUT2D eigenvalue weighted by molar-refractivity contribution is 0.0600. The summed E-state index contributed by atoms with van der Waals surface area (Å²) in [6.45, 7) is 5.57. The molecule has 0 radical (unpaired) electrons. The van der Waals surface area contributed by atoms with Crippen LogP contribution in [0.25, 0.3) is 0 Å². The summed E-state index contributed by atoms with van der Waals surface area (Å²) in [6.07, 6.45) is 2.59. The molecule has 0 aromatic heterocycles. The minimum atomic E-state index is -0.416. The second-order valence-corrected chi connectivity index (χ2v) is 7.20. The van der Waals surface area contributed by atoms with Gasteiger partial charge in [0, 0.05) is 24.3 Å². The van der Waals surface area contributed by atoms with Crippen molar-refractivity contribution in [1.29, 1.82) is 0 Å². The zero-order valence-corrected chi connectivity index (χ0v) is 15.9. The lowest BCUT2D eigenvalue weighted by atomic mass is 10.00. The standard InChI is InChI=1S/C22H26N2O3/c1-16-4-3-13-24(14-16)15-17-5-11-20(12-6-17)23-21(25)18-7-9-19(10-8-18)22(26)27-2/h5-12,16H,3-4,13-15H2,1-2H3,(H,23,25). The third-order valence-corrected chi connectivity index (χ3v) is 4.93. The van der Waals surface area contributed by atoms with Gasteiger partial charge in [-0.15, -0.1) is 0 Å². The van der Waals surface area contributed by atoms with E-state index in [0.29, 0.717) is 11.1 Å². The van der Waals surface area contributed by atoms with Crippen LogP contribution >= 0.6 is 0 Å². The molecule has 0 bridgehead atoms. The second-order valence-electron chi connectivity index (χ2n) is 7.20. The normalized spacial score (nSPS) is 17.3. The number of methoxy groups -OCH3 is 1. The van der Waals surface area contributed by atoms with Crippen molar-refractivity contribution in [3.05, 3.63) is 65.2 Å². The second kappa shape index (κ2) is 8.82. The third kappa shape index (κ3) is 5.17. The third-order valence-electron chi connectivity index (χ3n) is 4.93. The van der Waals surface area contributed by atoms with Gasteiger partial charge in [-0.3, -0.25) is 9.69 Å². The summed E-state index contributed by atoms with van der Waals surface area (Å²) in [7, 11) is 1.33. The number of carbonyl (C=O) groups excluding carboxylic acids is 2. The molecular formula is C22H26N2O3. The summed E-state index contributed by atoms with van der Waals surface area (Å²) in [4.78, 5) is 26.3. The van der Waals surface area contributed by atoms with Crippen molar-refractivity contribution >= 4 is 17.6 Å². The van der Waals surface area contributed by atoms with Crippen LogP contribution in [-0.4, -0.2) is 37.0 Å². The van der Waals surface area contributed by atoms with Crippen molar-refractivity contribution in [2.75, 3.05) is 25.5 Å². The largest absolute Gasteiger partial charge is 0.465 e. The molecular weight excluding hydrogens is 340 g/mol. The minimum Gasteiger partial charge on any atom is -0.465 e. The summed E-state index contributed by atoms with van der Waals surface area (Å²) in [5.41, 5.74) is 2.93. The maximum atomic E-state index is 12.4. The number of anilines is 1. The van der Waals surface area contributed by atoms with Gasteiger partial charge in [-0.25, -0.2) is 4.79 Å². The summed E-state index contributed by atoms with van der Waals surface area (Å²) in [5.74, 6) is 0.146. The number of nitrogens with zero attached hydrogens (tertiary/aromatic N) is 1. The van der Waals surface area contributed by atoms with Gasteiger partial charge in [-0.1, -0.05) is 19.1 Å². The topological polar surface area (TPSA) is 58.6 Å². The molecule has 3 rings (SSSR count). The molecule has 0 saturated carbocycles. The Kier molecular flexibility index (Phi) is 6.24. The van der Waals surface area contributed by atoms with Crippen LogP contribution < -0.4 is 5.32 Å². The van der Waals surface area contributed by atoms with Crippen molar-refractivity contribution in [1.82, 2.24) is 4.90 Å². The van der Waals surface area contributed by atoms with Crippen LogP contribution in [0.4, 0.5) is 5.69 Å². The molecule has 2 aromatic carbocycles. The quantitative estimate of drug-likeness (QED) is 0.814. The first-order chi connectivity index (χ1) is 13.0. The zero-order valence-electron chi connectivity index (χ0n) is 15.9. The fraction of sp³-hybridized carbons (Fsp3) is 0.364. The van der Waals surface area contributed by atoms with Crippen LogP contribution in [0.1, 0.15) is 46.0 Å². The molecule has 5 heteroatoms. The van der Waals surface area contributed by atoms with Gasteiger partial charge >= 0.3 is 5.97 Å². The molecule has 1 atom stereocenters. The van der Waals surface area contributed by atoms with E-state index in [2.05, 4.69) is 34.0 Å². The Morgan fingerprint density at radius 2 is 1.74 bits per heavy atom. The first-order valence-electron chi connectivity index (χ1n) is 9.36. The Balaban J connectivity index is 1.57. The van der Waals surface area contributed by atoms with E-state index in [0.717, 1.165) is 31.2 Å². The highest BCUT2D eigenvalue weighted by atomic mass is 16.5. The number of ether oxygens (including phenoxy) is 1. The van der Waals surface area contributed by atoms with Crippen LogP contribution in [0.2, 0.25) is 0 Å². The van der Waals surface area contributed by atoms with Crippen molar-refractivity contribution in [3.8, 4) is 0 Å². The molecule has 0 aliphatic carbocycles. The van der Waals surface area contributed by atoms with Crippen LogP contribution in [0, 0.1) is 5.92 Å². The summed E-state index contributed by atoms with van der Waals surface area (Å²) < 4.78 is 4.66. The molecule has 1 aliphatic heterocycles. The van der Waals surface area contributed by atoms with E-state index in [4.69, 9.17) is 0 Å². The maximum absolute atomic E-state index is 12.4. The Hall–Kier alpha value is -2.66. The first-order valence-corrected chi connectivity index (χ1v) is 9.36. The van der Waals surface area contributed by atoms with Crippen molar-refractivity contribution in [2.24, 2.45) is 5.92 Å². The Bertz CT molecular complexity index is 784. The van der Waals surface area contributed by atoms with Crippen LogP contribution in [-0.2, 0) is 11.3 Å². The number of nitrogens with one attached hydrogen (secondary N) is 1. The zero-order chi connectivity index (χ0) is 19.2. The van der Waals surface area contributed by atoms with Gasteiger partial charge in [-0.2, -0.15) is 0 Å². The first kappa shape index (κ1) is 19.1. The SMILES string of the molecule is COC(=O)c1ccc(C(=O)Nc2ccc(CN3CCCC(C)C3)cc2)cc1. The predicted octanol–water partition coefficient (Wildman–Crippen LogP) is 3.96. The maximum Gasteiger partial charge on any atom is 0.337 e. The molecule has 1 amide bonds. The number of benzene rings is 2. The number of esters is 1. The summed E-state index contributed by atoms with van der Waals surface area (Å²) in [6, 6.07) is 14.4. The number of piperidine rings is 1. The van der Waals surface area contributed by atoms with Crippen LogP contribution in [0.3, 0.4) is 0 Å². The lowest BCUT2D eigenvalue weighted by Gasteiger charge is -2.30. The van der Waals surface area contributed by atoms with E-state index in [1.165, 1.54) is 25.5 Å². The van der Waals surface area contributed by atoms with E-state index in [1.807, 2.05) is 12.1 Å². The number of carbonyl (C=O) groups is 2. The van der Waals surface area contributed by atoms with Gasteiger partial charge in [0.25, 0.3) is 5.91 Å². The Morgan fingerprint density at radius 3 is 2.37 bits per heavy atom. The molecule has 27 heavy (non-hydrogen) atoms. The Morgan fingerprint density at radius 1 is 1.07 bits per heavy atom. The van der Waals surface area contributed by atoms with E-state index in [-0.39, 0.29) is 5.91 Å². The van der Waals surface area contributed by atoms with Crippen LogP contribution in [0.15, 0.2) is 48.5 Å². The average Bonchev–Trinajstić information content (AvgIpc) is 2.69. The fourth-order valence-corrected chi connectivity index (χ4v) is 3.46. The molecule has 1 saturated heterocycles. The highest BCUT2D eigenvalue weighted by molar-refractivity contribution is 6.04. The van der Waals surface area contributed by atoms with Gasteiger partial charge in [0.05, 0.1) is 12.7 Å². The molecule has 1 fully saturated rings. The van der Waals surface area contributed by atoms with Gasteiger partial charge in [-0.05, 0) is 67.3 Å². The predicted molar refractivity (Wildman–Crippen MR) is 106 cm³/mol.